The first kappa shape index (κ1) is 18.3. The average Bonchev–Trinajstić information content (AvgIpc) is 3.13. The zero-order valence-corrected chi connectivity index (χ0v) is 16.4. The van der Waals surface area contributed by atoms with Gasteiger partial charge in [0.1, 0.15) is 0 Å². The standard InChI is InChI=1S/C21H19N3O3S/c1-12-5-7-15-16(10-12)21(27)24(20(15)26)9-3-4-19(25)23-14-6-8-17-18(11-14)28-13(2)22-17/h5-8,10-11H,3-4,9H2,1-2H3,(H,23,25). The molecule has 0 fully saturated rings. The van der Waals surface area contributed by atoms with Gasteiger partial charge in [-0.05, 0) is 50.6 Å². The van der Waals surface area contributed by atoms with Crippen LogP contribution in [0.15, 0.2) is 36.4 Å². The number of nitrogens with one attached hydrogen (secondary N) is 1. The molecular formula is C21H19N3O3S. The molecular weight excluding hydrogens is 374 g/mol. The highest BCUT2D eigenvalue weighted by atomic mass is 32.1. The summed E-state index contributed by atoms with van der Waals surface area (Å²) in [6, 6.07) is 10.9. The smallest absolute Gasteiger partial charge is 0.261 e. The Labute approximate surface area is 166 Å². The summed E-state index contributed by atoms with van der Waals surface area (Å²) < 4.78 is 1.02. The number of thiazole rings is 1. The normalized spacial score (nSPS) is 13.3. The number of nitrogens with zero attached hydrogens (tertiary/aromatic N) is 2. The van der Waals surface area contributed by atoms with E-state index < -0.39 is 0 Å². The van der Waals surface area contributed by atoms with Crippen LogP contribution in [0.2, 0.25) is 0 Å². The molecule has 3 amide bonds. The molecule has 1 N–H and O–H groups in total. The van der Waals surface area contributed by atoms with Gasteiger partial charge in [-0.15, -0.1) is 11.3 Å². The third kappa shape index (κ3) is 3.41. The number of aryl methyl sites for hydroxylation is 2. The third-order valence-corrected chi connectivity index (χ3v) is 5.62. The number of fused-ring (bicyclic) bond motifs is 2. The van der Waals surface area contributed by atoms with Crippen molar-refractivity contribution in [3.05, 3.63) is 58.1 Å². The second-order valence-corrected chi connectivity index (χ2v) is 8.11. The van der Waals surface area contributed by atoms with Gasteiger partial charge in [0.05, 0.1) is 26.4 Å². The molecule has 0 unspecified atom stereocenters. The first-order valence-corrected chi connectivity index (χ1v) is 9.88. The van der Waals surface area contributed by atoms with Crippen LogP contribution in [0.5, 0.6) is 0 Å². The molecule has 4 rings (SSSR count). The van der Waals surface area contributed by atoms with E-state index in [1.807, 2.05) is 38.1 Å². The number of rotatable bonds is 5. The molecule has 0 bridgehead atoms. The van der Waals surface area contributed by atoms with Gasteiger partial charge in [0.2, 0.25) is 5.91 Å². The van der Waals surface area contributed by atoms with Crippen molar-refractivity contribution in [3.63, 3.8) is 0 Å². The minimum atomic E-state index is -0.286. The zero-order valence-electron chi connectivity index (χ0n) is 15.6. The van der Waals surface area contributed by atoms with Gasteiger partial charge in [-0.3, -0.25) is 19.3 Å². The van der Waals surface area contributed by atoms with Crippen molar-refractivity contribution in [3.8, 4) is 0 Å². The maximum Gasteiger partial charge on any atom is 0.261 e. The lowest BCUT2D eigenvalue weighted by molar-refractivity contribution is -0.116. The Kier molecular flexibility index (Phi) is 4.68. The van der Waals surface area contributed by atoms with E-state index in [0.29, 0.717) is 17.5 Å². The molecule has 1 aliphatic heterocycles. The summed E-state index contributed by atoms with van der Waals surface area (Å²) in [5.41, 5.74) is 3.46. The van der Waals surface area contributed by atoms with Gasteiger partial charge in [-0.25, -0.2) is 4.98 Å². The van der Waals surface area contributed by atoms with E-state index in [4.69, 9.17) is 0 Å². The van der Waals surface area contributed by atoms with Crippen LogP contribution in [0.4, 0.5) is 5.69 Å². The summed E-state index contributed by atoms with van der Waals surface area (Å²) in [6.45, 7) is 4.06. The highest BCUT2D eigenvalue weighted by Crippen LogP contribution is 2.26. The van der Waals surface area contributed by atoms with Crippen LogP contribution in [0.3, 0.4) is 0 Å². The van der Waals surface area contributed by atoms with Gasteiger partial charge in [0.15, 0.2) is 0 Å². The van der Waals surface area contributed by atoms with Crippen LogP contribution in [0.25, 0.3) is 10.2 Å². The Bertz CT molecular complexity index is 1120. The minimum Gasteiger partial charge on any atom is -0.326 e. The van der Waals surface area contributed by atoms with Crippen molar-refractivity contribution < 1.29 is 14.4 Å². The molecule has 0 spiro atoms. The van der Waals surface area contributed by atoms with E-state index in [9.17, 15) is 14.4 Å². The molecule has 0 atom stereocenters. The number of anilines is 1. The van der Waals surface area contributed by atoms with E-state index in [-0.39, 0.29) is 30.7 Å². The van der Waals surface area contributed by atoms with Crippen molar-refractivity contribution in [2.45, 2.75) is 26.7 Å². The molecule has 28 heavy (non-hydrogen) atoms. The molecule has 0 saturated carbocycles. The summed E-state index contributed by atoms with van der Waals surface area (Å²) in [7, 11) is 0. The Morgan fingerprint density at radius 1 is 1.07 bits per heavy atom. The van der Waals surface area contributed by atoms with Crippen molar-refractivity contribution in [1.82, 2.24) is 9.88 Å². The Hall–Kier alpha value is -3.06. The van der Waals surface area contributed by atoms with Crippen molar-refractivity contribution in [2.24, 2.45) is 0 Å². The summed E-state index contributed by atoms with van der Waals surface area (Å²) >= 11 is 1.58. The maximum absolute atomic E-state index is 12.5. The van der Waals surface area contributed by atoms with Crippen LogP contribution in [0, 0.1) is 13.8 Å². The molecule has 7 heteroatoms. The van der Waals surface area contributed by atoms with E-state index in [0.717, 1.165) is 26.5 Å². The summed E-state index contributed by atoms with van der Waals surface area (Å²) in [5, 5.41) is 3.85. The highest BCUT2D eigenvalue weighted by Gasteiger charge is 2.34. The number of benzene rings is 2. The van der Waals surface area contributed by atoms with Crippen LogP contribution in [-0.4, -0.2) is 34.2 Å². The van der Waals surface area contributed by atoms with Gasteiger partial charge in [-0.1, -0.05) is 11.6 Å². The fourth-order valence-corrected chi connectivity index (χ4v) is 4.21. The Morgan fingerprint density at radius 2 is 1.86 bits per heavy atom. The molecule has 1 aliphatic rings. The van der Waals surface area contributed by atoms with Crippen LogP contribution < -0.4 is 5.32 Å². The third-order valence-electron chi connectivity index (χ3n) is 4.69. The summed E-state index contributed by atoms with van der Waals surface area (Å²) in [6.07, 6.45) is 0.643. The predicted molar refractivity (Wildman–Crippen MR) is 109 cm³/mol. The van der Waals surface area contributed by atoms with Crippen LogP contribution in [0.1, 0.15) is 44.1 Å². The molecule has 0 aliphatic carbocycles. The Morgan fingerprint density at radius 3 is 2.68 bits per heavy atom. The molecule has 0 saturated heterocycles. The van der Waals surface area contributed by atoms with Crippen molar-refractivity contribution >= 4 is 45.0 Å². The van der Waals surface area contributed by atoms with Crippen LogP contribution in [-0.2, 0) is 4.79 Å². The maximum atomic E-state index is 12.5. The van der Waals surface area contributed by atoms with Gasteiger partial charge in [-0.2, -0.15) is 0 Å². The van der Waals surface area contributed by atoms with Gasteiger partial charge in [0, 0.05) is 18.7 Å². The van der Waals surface area contributed by atoms with Crippen molar-refractivity contribution in [1.29, 1.82) is 0 Å². The fourth-order valence-electron chi connectivity index (χ4n) is 3.35. The van der Waals surface area contributed by atoms with E-state index in [2.05, 4.69) is 10.3 Å². The lowest BCUT2D eigenvalue weighted by Gasteiger charge is -2.13. The quantitative estimate of drug-likeness (QED) is 0.666. The molecule has 3 aromatic rings. The number of carbonyl (C=O) groups is 3. The molecule has 2 heterocycles. The molecule has 1 aromatic heterocycles. The second-order valence-electron chi connectivity index (χ2n) is 6.88. The number of amides is 3. The monoisotopic (exact) mass is 393 g/mol. The summed E-state index contributed by atoms with van der Waals surface area (Å²) in [4.78, 5) is 42.7. The molecule has 6 nitrogen and oxygen atoms in total. The number of aromatic nitrogens is 1. The fraction of sp³-hybridized carbons (Fsp3) is 0.238. The zero-order chi connectivity index (χ0) is 19.8. The van der Waals surface area contributed by atoms with E-state index in [1.165, 1.54) is 4.90 Å². The topological polar surface area (TPSA) is 79.4 Å². The highest BCUT2D eigenvalue weighted by molar-refractivity contribution is 7.18. The molecule has 0 radical (unpaired) electrons. The van der Waals surface area contributed by atoms with Crippen LogP contribution >= 0.6 is 11.3 Å². The number of imide groups is 1. The lowest BCUT2D eigenvalue weighted by Crippen LogP contribution is -2.31. The lowest BCUT2D eigenvalue weighted by atomic mass is 10.1. The van der Waals surface area contributed by atoms with E-state index >= 15 is 0 Å². The van der Waals surface area contributed by atoms with Gasteiger partial charge in [0.25, 0.3) is 11.8 Å². The summed E-state index contributed by atoms with van der Waals surface area (Å²) in [5.74, 6) is -0.713. The Balaban J connectivity index is 1.34. The largest absolute Gasteiger partial charge is 0.326 e. The predicted octanol–water partition coefficient (Wildman–Crippen LogP) is 3.93. The second kappa shape index (κ2) is 7.16. The van der Waals surface area contributed by atoms with E-state index in [1.54, 1.807) is 23.5 Å². The molecule has 2 aromatic carbocycles. The first-order valence-electron chi connectivity index (χ1n) is 9.06. The first-order chi connectivity index (χ1) is 13.4. The minimum absolute atomic E-state index is 0.145. The molecule has 142 valence electrons. The average molecular weight is 393 g/mol. The number of hydrogen-bond donors (Lipinski definition) is 1. The number of carbonyl (C=O) groups excluding carboxylic acids is 3. The van der Waals surface area contributed by atoms with Gasteiger partial charge < -0.3 is 5.32 Å². The van der Waals surface area contributed by atoms with Crippen molar-refractivity contribution in [2.75, 3.05) is 11.9 Å². The number of hydrogen-bond acceptors (Lipinski definition) is 5. The SMILES string of the molecule is Cc1ccc2c(c1)C(=O)N(CCCC(=O)Nc1ccc3nc(C)sc3c1)C2=O. The van der Waals surface area contributed by atoms with Gasteiger partial charge >= 0.3 is 0 Å².